The van der Waals surface area contributed by atoms with Crippen LogP contribution in [0.2, 0.25) is 0 Å². The highest BCUT2D eigenvalue weighted by Crippen LogP contribution is 2.24. The fourth-order valence-corrected chi connectivity index (χ4v) is 2.19. The molecule has 3 amide bonds. The van der Waals surface area contributed by atoms with E-state index < -0.39 is 11.9 Å². The van der Waals surface area contributed by atoms with Crippen LogP contribution in [0.15, 0.2) is 17.1 Å². The van der Waals surface area contributed by atoms with Crippen molar-refractivity contribution >= 4 is 29.5 Å². The van der Waals surface area contributed by atoms with Gasteiger partial charge in [0.1, 0.15) is 5.92 Å². The highest BCUT2D eigenvalue weighted by molar-refractivity contribution is 7.12. The lowest BCUT2D eigenvalue weighted by atomic mass is 10.1. The molecule has 5 heteroatoms. The molecule has 1 unspecified atom stereocenters. The Kier molecular flexibility index (Phi) is 2.17. The van der Waals surface area contributed by atoms with E-state index in [2.05, 4.69) is 10.3 Å². The first-order chi connectivity index (χ1) is 6.66. The molecule has 1 aromatic heterocycles. The average molecular weight is 208 g/mol. The summed E-state index contributed by atoms with van der Waals surface area (Å²) < 4.78 is 0. The molecule has 4 nitrogen and oxygen atoms in total. The van der Waals surface area contributed by atoms with Crippen LogP contribution in [0.1, 0.15) is 15.7 Å². The van der Waals surface area contributed by atoms with Crippen molar-refractivity contribution < 1.29 is 9.59 Å². The Morgan fingerprint density at radius 3 is 2.79 bits per heavy atom. The number of nitrogens with zero attached hydrogens (tertiary/aromatic N) is 1. The standard InChI is InChI=1S/C9H8N2O2S/c1-5-2-3-7(14-5)6-4-10-9(13)11-8(6)12/h2-4,6H,1H3,(H,11,12,13). The third-order valence-electron chi connectivity index (χ3n) is 1.92. The van der Waals surface area contributed by atoms with Crippen LogP contribution in [-0.4, -0.2) is 18.2 Å². The van der Waals surface area contributed by atoms with E-state index in [1.54, 1.807) is 0 Å². The third-order valence-corrected chi connectivity index (χ3v) is 3.00. The summed E-state index contributed by atoms with van der Waals surface area (Å²) in [6, 6.07) is 3.24. The molecule has 1 N–H and O–H groups in total. The lowest BCUT2D eigenvalue weighted by Crippen LogP contribution is -2.37. The Labute approximate surface area is 84.7 Å². The minimum absolute atomic E-state index is 0.299. The highest BCUT2D eigenvalue weighted by atomic mass is 32.1. The zero-order valence-corrected chi connectivity index (χ0v) is 8.30. The number of imide groups is 1. The predicted molar refractivity (Wildman–Crippen MR) is 53.8 cm³/mol. The van der Waals surface area contributed by atoms with Gasteiger partial charge in [-0.15, -0.1) is 11.3 Å². The number of aliphatic imine (C=N–C) groups is 1. The van der Waals surface area contributed by atoms with Gasteiger partial charge in [-0.3, -0.25) is 10.1 Å². The van der Waals surface area contributed by atoms with Crippen LogP contribution in [0, 0.1) is 6.92 Å². The average Bonchev–Trinajstić information content (AvgIpc) is 2.51. The number of urea groups is 1. The second-order valence-electron chi connectivity index (χ2n) is 3.00. The van der Waals surface area contributed by atoms with Crippen molar-refractivity contribution in [3.05, 3.63) is 21.9 Å². The number of thiophene rings is 1. The van der Waals surface area contributed by atoms with E-state index >= 15 is 0 Å². The Morgan fingerprint density at radius 2 is 2.21 bits per heavy atom. The second kappa shape index (κ2) is 3.34. The molecular formula is C9H8N2O2S. The van der Waals surface area contributed by atoms with Gasteiger partial charge in [-0.25, -0.2) is 9.79 Å². The molecule has 0 saturated carbocycles. The van der Waals surface area contributed by atoms with E-state index in [0.29, 0.717) is 0 Å². The van der Waals surface area contributed by atoms with Gasteiger partial charge in [-0.2, -0.15) is 0 Å². The fraction of sp³-hybridized carbons (Fsp3) is 0.222. The molecule has 0 spiro atoms. The topological polar surface area (TPSA) is 58.5 Å². The molecule has 2 heterocycles. The van der Waals surface area contributed by atoms with Crippen molar-refractivity contribution in [1.29, 1.82) is 0 Å². The van der Waals surface area contributed by atoms with Crippen LogP contribution in [-0.2, 0) is 4.79 Å². The summed E-state index contributed by atoms with van der Waals surface area (Å²) >= 11 is 1.54. The third kappa shape index (κ3) is 1.58. The summed E-state index contributed by atoms with van der Waals surface area (Å²) in [5.74, 6) is -0.710. The molecule has 0 bridgehead atoms. The van der Waals surface area contributed by atoms with E-state index in [0.717, 1.165) is 9.75 Å². The van der Waals surface area contributed by atoms with E-state index in [9.17, 15) is 9.59 Å². The number of aryl methyl sites for hydroxylation is 1. The molecule has 0 aliphatic carbocycles. The summed E-state index contributed by atoms with van der Waals surface area (Å²) in [6.07, 6.45) is 1.40. The molecule has 1 aliphatic heterocycles. The van der Waals surface area contributed by atoms with Gasteiger partial charge >= 0.3 is 6.03 Å². The van der Waals surface area contributed by atoms with E-state index in [4.69, 9.17) is 0 Å². The molecular weight excluding hydrogens is 200 g/mol. The van der Waals surface area contributed by atoms with Crippen LogP contribution < -0.4 is 5.32 Å². The minimum atomic E-state index is -0.584. The van der Waals surface area contributed by atoms with Crippen LogP contribution in [0.4, 0.5) is 4.79 Å². The Morgan fingerprint density at radius 1 is 1.43 bits per heavy atom. The molecule has 0 fully saturated rings. The van der Waals surface area contributed by atoms with Gasteiger partial charge in [-0.05, 0) is 19.1 Å². The lowest BCUT2D eigenvalue weighted by molar-refractivity contribution is -0.120. The summed E-state index contributed by atoms with van der Waals surface area (Å²) in [5.41, 5.74) is 0. The van der Waals surface area contributed by atoms with Gasteiger partial charge < -0.3 is 0 Å². The second-order valence-corrected chi connectivity index (χ2v) is 4.32. The van der Waals surface area contributed by atoms with E-state index in [-0.39, 0.29) is 5.91 Å². The first-order valence-electron chi connectivity index (χ1n) is 4.12. The maximum absolute atomic E-state index is 11.4. The van der Waals surface area contributed by atoms with Gasteiger partial charge in [0.25, 0.3) is 0 Å². The number of hydrogen-bond donors (Lipinski definition) is 1. The smallest absolute Gasteiger partial charge is 0.275 e. The van der Waals surface area contributed by atoms with Crippen molar-refractivity contribution in [3.8, 4) is 0 Å². The summed E-state index contributed by atoms with van der Waals surface area (Å²) in [7, 11) is 0. The summed E-state index contributed by atoms with van der Waals surface area (Å²) in [4.78, 5) is 27.7. The molecule has 0 radical (unpaired) electrons. The van der Waals surface area contributed by atoms with Gasteiger partial charge in [0.2, 0.25) is 5.91 Å². The number of hydrogen-bond acceptors (Lipinski definition) is 3. The van der Waals surface area contributed by atoms with Gasteiger partial charge in [0, 0.05) is 16.0 Å². The maximum atomic E-state index is 11.4. The molecule has 1 aromatic rings. The number of amides is 3. The maximum Gasteiger partial charge on any atom is 0.347 e. The lowest BCUT2D eigenvalue weighted by Gasteiger charge is -2.12. The minimum Gasteiger partial charge on any atom is -0.275 e. The molecule has 0 saturated heterocycles. The first kappa shape index (κ1) is 9.08. The van der Waals surface area contributed by atoms with Crippen LogP contribution >= 0.6 is 11.3 Å². The quantitative estimate of drug-likeness (QED) is 0.759. The van der Waals surface area contributed by atoms with Crippen LogP contribution in [0.5, 0.6) is 0 Å². The van der Waals surface area contributed by atoms with Crippen molar-refractivity contribution in [2.75, 3.05) is 0 Å². The van der Waals surface area contributed by atoms with Crippen molar-refractivity contribution in [1.82, 2.24) is 5.32 Å². The van der Waals surface area contributed by atoms with Gasteiger partial charge in [0.15, 0.2) is 0 Å². The number of rotatable bonds is 1. The Bertz CT molecular complexity index is 422. The van der Waals surface area contributed by atoms with Crippen molar-refractivity contribution in [3.63, 3.8) is 0 Å². The summed E-state index contributed by atoms with van der Waals surface area (Å²) in [6.45, 7) is 1.97. The van der Waals surface area contributed by atoms with Gasteiger partial charge in [0.05, 0.1) is 0 Å². The highest BCUT2D eigenvalue weighted by Gasteiger charge is 2.25. The van der Waals surface area contributed by atoms with Crippen molar-refractivity contribution in [2.45, 2.75) is 12.8 Å². The molecule has 72 valence electrons. The van der Waals surface area contributed by atoms with E-state index in [1.165, 1.54) is 17.6 Å². The van der Waals surface area contributed by atoms with E-state index in [1.807, 2.05) is 19.1 Å². The number of nitrogens with one attached hydrogen (secondary N) is 1. The van der Waals surface area contributed by atoms with Crippen LogP contribution in [0.3, 0.4) is 0 Å². The normalized spacial score (nSPS) is 21.1. The molecule has 14 heavy (non-hydrogen) atoms. The zero-order chi connectivity index (χ0) is 10.1. The van der Waals surface area contributed by atoms with Crippen LogP contribution in [0.25, 0.3) is 0 Å². The molecule has 0 aromatic carbocycles. The zero-order valence-electron chi connectivity index (χ0n) is 7.48. The SMILES string of the molecule is Cc1ccc(C2C=NC(=O)NC2=O)s1. The Hall–Kier alpha value is -1.49. The fourth-order valence-electron chi connectivity index (χ4n) is 1.25. The number of carbonyl (C=O) groups is 2. The molecule has 1 atom stereocenters. The van der Waals surface area contributed by atoms with Crippen molar-refractivity contribution in [2.24, 2.45) is 4.99 Å². The first-order valence-corrected chi connectivity index (χ1v) is 4.94. The monoisotopic (exact) mass is 208 g/mol. The van der Waals surface area contributed by atoms with Gasteiger partial charge in [-0.1, -0.05) is 0 Å². The summed E-state index contributed by atoms with van der Waals surface area (Å²) in [5, 5.41) is 2.17. The predicted octanol–water partition coefficient (Wildman–Crippen LogP) is 1.46. The molecule has 1 aliphatic rings. The molecule has 2 rings (SSSR count). The number of carbonyl (C=O) groups excluding carboxylic acids is 2. The largest absolute Gasteiger partial charge is 0.347 e. The Balaban J connectivity index is 2.31.